The summed E-state index contributed by atoms with van der Waals surface area (Å²) >= 11 is 0. The van der Waals surface area contributed by atoms with Crippen molar-refractivity contribution in [3.05, 3.63) is 64.7 Å². The molecule has 31 heavy (non-hydrogen) atoms. The summed E-state index contributed by atoms with van der Waals surface area (Å²) in [6, 6.07) is 12.7. The Morgan fingerprint density at radius 1 is 1.23 bits per heavy atom. The highest BCUT2D eigenvalue weighted by atomic mass is 32.2. The number of carbonyl (C=O) groups is 1. The van der Waals surface area contributed by atoms with E-state index in [1.54, 1.807) is 18.2 Å². The smallest absolute Gasteiger partial charge is 0.305 e. The van der Waals surface area contributed by atoms with E-state index in [0.29, 0.717) is 29.1 Å². The standard InChI is InChI=1S/C25H30O5S/c1-5-17(2)13-19-9-11-23-22(15-19)24(16-20(30-23)10-12-25(26)29-4)31(27,28)21-8-6-7-18(3)14-21/h6-9,11,13-15,20,24H,5,10,12,16H2,1-4H3/b17-13-/t20-,24?/m0/s1. The lowest BCUT2D eigenvalue weighted by molar-refractivity contribution is -0.141. The van der Waals surface area contributed by atoms with Crippen LogP contribution in [0.1, 0.15) is 61.5 Å². The number of aryl methyl sites for hydroxylation is 1. The van der Waals surface area contributed by atoms with Crippen LogP contribution in [0, 0.1) is 6.92 Å². The maximum Gasteiger partial charge on any atom is 0.305 e. The van der Waals surface area contributed by atoms with E-state index < -0.39 is 15.1 Å². The third-order valence-electron chi connectivity index (χ3n) is 5.71. The first-order chi connectivity index (χ1) is 14.7. The Morgan fingerprint density at radius 2 is 2.00 bits per heavy atom. The summed E-state index contributed by atoms with van der Waals surface area (Å²) in [5, 5.41) is -0.740. The highest BCUT2D eigenvalue weighted by Gasteiger charge is 2.38. The number of esters is 1. The molecule has 6 heteroatoms. The second-order valence-electron chi connectivity index (χ2n) is 8.08. The first-order valence-electron chi connectivity index (χ1n) is 10.6. The monoisotopic (exact) mass is 442 g/mol. The molecule has 0 radical (unpaired) electrons. The van der Waals surface area contributed by atoms with Crippen LogP contribution >= 0.6 is 0 Å². The lowest BCUT2D eigenvalue weighted by Crippen LogP contribution is -2.30. The molecule has 1 unspecified atom stereocenters. The van der Waals surface area contributed by atoms with Crippen LogP contribution in [0.4, 0.5) is 0 Å². The normalized spacial score (nSPS) is 18.8. The van der Waals surface area contributed by atoms with Crippen LogP contribution in [-0.2, 0) is 19.4 Å². The van der Waals surface area contributed by atoms with Gasteiger partial charge in [0.1, 0.15) is 11.9 Å². The zero-order chi connectivity index (χ0) is 22.6. The minimum absolute atomic E-state index is 0.185. The van der Waals surface area contributed by atoms with Crippen LogP contribution < -0.4 is 4.74 Å². The summed E-state index contributed by atoms with van der Waals surface area (Å²) in [5.41, 5.74) is 3.74. The highest BCUT2D eigenvalue weighted by molar-refractivity contribution is 7.91. The number of hydrogen-bond donors (Lipinski definition) is 0. The maximum atomic E-state index is 13.7. The van der Waals surface area contributed by atoms with Gasteiger partial charge < -0.3 is 9.47 Å². The van der Waals surface area contributed by atoms with E-state index >= 15 is 0 Å². The Balaban J connectivity index is 2.04. The molecular formula is C25H30O5S. The average molecular weight is 443 g/mol. The van der Waals surface area contributed by atoms with Crippen molar-refractivity contribution in [2.75, 3.05) is 7.11 Å². The second-order valence-corrected chi connectivity index (χ2v) is 10.2. The number of benzene rings is 2. The SMILES string of the molecule is CC/C(C)=C\c1ccc2c(c1)C(S(=O)(=O)c1cccc(C)c1)C[C@H](CCC(=O)OC)O2. The van der Waals surface area contributed by atoms with Gasteiger partial charge in [0.05, 0.1) is 17.3 Å². The molecule has 0 bridgehead atoms. The number of carbonyl (C=O) groups excluding carboxylic acids is 1. The zero-order valence-corrected chi connectivity index (χ0v) is 19.4. The van der Waals surface area contributed by atoms with Crippen LogP contribution in [0.5, 0.6) is 5.75 Å². The Labute approximate surface area is 185 Å². The fourth-order valence-corrected chi connectivity index (χ4v) is 5.74. The number of allylic oxidation sites excluding steroid dienone is 1. The van der Waals surface area contributed by atoms with E-state index in [1.807, 2.05) is 31.2 Å². The Bertz CT molecular complexity index is 1080. The van der Waals surface area contributed by atoms with Gasteiger partial charge in [0, 0.05) is 18.4 Å². The van der Waals surface area contributed by atoms with Gasteiger partial charge in [0.15, 0.2) is 9.84 Å². The Morgan fingerprint density at radius 3 is 2.68 bits per heavy atom. The molecule has 0 aliphatic carbocycles. The predicted molar refractivity (Wildman–Crippen MR) is 122 cm³/mol. The van der Waals surface area contributed by atoms with E-state index in [0.717, 1.165) is 17.5 Å². The van der Waals surface area contributed by atoms with E-state index in [4.69, 9.17) is 9.47 Å². The molecule has 1 aliphatic rings. The Hall–Kier alpha value is -2.60. The summed E-state index contributed by atoms with van der Waals surface area (Å²) < 4.78 is 38.2. The number of hydrogen-bond acceptors (Lipinski definition) is 5. The minimum Gasteiger partial charge on any atom is -0.490 e. The fourth-order valence-electron chi connectivity index (χ4n) is 3.80. The fraction of sp³-hybridized carbons (Fsp3) is 0.400. The molecular weight excluding hydrogens is 412 g/mol. The number of sulfone groups is 1. The van der Waals surface area contributed by atoms with Crippen LogP contribution in [0.3, 0.4) is 0 Å². The van der Waals surface area contributed by atoms with Crippen molar-refractivity contribution < 1.29 is 22.7 Å². The van der Waals surface area contributed by atoms with Gasteiger partial charge in [-0.3, -0.25) is 4.79 Å². The zero-order valence-electron chi connectivity index (χ0n) is 18.6. The van der Waals surface area contributed by atoms with Gasteiger partial charge in [-0.05, 0) is 62.1 Å². The molecule has 1 aliphatic heterocycles. The summed E-state index contributed by atoms with van der Waals surface area (Å²) in [5.74, 6) is 0.233. The Kier molecular flexibility index (Phi) is 7.21. The molecule has 0 saturated heterocycles. The minimum atomic E-state index is -3.64. The van der Waals surface area contributed by atoms with Gasteiger partial charge in [0.2, 0.25) is 0 Å². The number of fused-ring (bicyclic) bond motifs is 1. The first-order valence-corrected chi connectivity index (χ1v) is 12.1. The lowest BCUT2D eigenvalue weighted by Gasteiger charge is -2.32. The van der Waals surface area contributed by atoms with E-state index in [-0.39, 0.29) is 18.5 Å². The predicted octanol–water partition coefficient (Wildman–Crippen LogP) is 5.43. The molecule has 2 aromatic rings. The van der Waals surface area contributed by atoms with Crippen molar-refractivity contribution in [3.63, 3.8) is 0 Å². The van der Waals surface area contributed by atoms with Crippen molar-refractivity contribution in [1.29, 1.82) is 0 Å². The molecule has 1 heterocycles. The largest absolute Gasteiger partial charge is 0.490 e. The van der Waals surface area contributed by atoms with Crippen LogP contribution in [0.25, 0.3) is 6.08 Å². The molecule has 2 aromatic carbocycles. The van der Waals surface area contributed by atoms with Crippen molar-refractivity contribution in [2.24, 2.45) is 0 Å². The van der Waals surface area contributed by atoms with Gasteiger partial charge in [-0.2, -0.15) is 0 Å². The van der Waals surface area contributed by atoms with Gasteiger partial charge in [0.25, 0.3) is 0 Å². The van der Waals surface area contributed by atoms with E-state index in [2.05, 4.69) is 19.9 Å². The molecule has 0 saturated carbocycles. The third kappa shape index (κ3) is 5.37. The van der Waals surface area contributed by atoms with Crippen molar-refractivity contribution in [1.82, 2.24) is 0 Å². The van der Waals surface area contributed by atoms with Crippen molar-refractivity contribution >= 4 is 21.9 Å². The third-order valence-corrected chi connectivity index (χ3v) is 7.82. The molecule has 0 aromatic heterocycles. The highest BCUT2D eigenvalue weighted by Crippen LogP contribution is 2.43. The molecule has 166 valence electrons. The van der Waals surface area contributed by atoms with Gasteiger partial charge in [-0.25, -0.2) is 8.42 Å². The molecule has 5 nitrogen and oxygen atoms in total. The van der Waals surface area contributed by atoms with Gasteiger partial charge in [-0.1, -0.05) is 36.8 Å². The number of methoxy groups -OCH3 is 1. The average Bonchev–Trinajstić information content (AvgIpc) is 2.76. The van der Waals surface area contributed by atoms with Crippen molar-refractivity contribution in [2.45, 2.75) is 62.7 Å². The topological polar surface area (TPSA) is 69.7 Å². The summed E-state index contributed by atoms with van der Waals surface area (Å²) in [6.45, 7) is 6.02. The van der Waals surface area contributed by atoms with Gasteiger partial charge >= 0.3 is 5.97 Å². The maximum absolute atomic E-state index is 13.7. The van der Waals surface area contributed by atoms with E-state index in [9.17, 15) is 13.2 Å². The summed E-state index contributed by atoms with van der Waals surface area (Å²) in [4.78, 5) is 11.9. The molecule has 0 fully saturated rings. The van der Waals surface area contributed by atoms with E-state index in [1.165, 1.54) is 12.7 Å². The molecule has 2 atom stereocenters. The van der Waals surface area contributed by atoms with Crippen LogP contribution in [-0.4, -0.2) is 27.6 Å². The second kappa shape index (κ2) is 9.69. The molecule has 0 N–H and O–H groups in total. The quantitative estimate of drug-likeness (QED) is 0.535. The van der Waals surface area contributed by atoms with Gasteiger partial charge in [-0.15, -0.1) is 0 Å². The lowest BCUT2D eigenvalue weighted by atomic mass is 9.96. The first kappa shape index (κ1) is 23.1. The molecule has 3 rings (SSSR count). The number of ether oxygens (including phenoxy) is 2. The summed E-state index contributed by atoms with van der Waals surface area (Å²) in [6.07, 6.45) is 3.50. The molecule has 0 spiro atoms. The van der Waals surface area contributed by atoms with Crippen molar-refractivity contribution in [3.8, 4) is 5.75 Å². The number of rotatable bonds is 7. The van der Waals surface area contributed by atoms with Crippen LogP contribution in [0.2, 0.25) is 0 Å². The summed E-state index contributed by atoms with van der Waals surface area (Å²) in [7, 11) is -2.30. The van der Waals surface area contributed by atoms with Crippen LogP contribution in [0.15, 0.2) is 52.9 Å². The molecule has 0 amide bonds.